The lowest BCUT2D eigenvalue weighted by Crippen LogP contribution is -2.32. The first-order valence-electron chi connectivity index (χ1n) is 7.91. The van der Waals surface area contributed by atoms with Gasteiger partial charge in [-0.05, 0) is 18.6 Å². The summed E-state index contributed by atoms with van der Waals surface area (Å²) in [7, 11) is 1.36. The van der Waals surface area contributed by atoms with Gasteiger partial charge in [-0.1, -0.05) is 36.4 Å². The van der Waals surface area contributed by atoms with Crippen LogP contribution in [-0.4, -0.2) is 25.5 Å². The Hall–Kier alpha value is -2.82. The lowest BCUT2D eigenvalue weighted by molar-refractivity contribution is -0.140. The van der Waals surface area contributed by atoms with Gasteiger partial charge in [0.1, 0.15) is 11.5 Å². The number of rotatable bonds is 5. The highest BCUT2D eigenvalue weighted by Crippen LogP contribution is 2.43. The highest BCUT2D eigenvalue weighted by atomic mass is 16.5. The molecule has 5 heteroatoms. The summed E-state index contributed by atoms with van der Waals surface area (Å²) >= 11 is 0. The molecule has 5 nitrogen and oxygen atoms in total. The van der Waals surface area contributed by atoms with E-state index in [9.17, 15) is 9.59 Å². The fraction of sp³-hybridized carbons (Fsp3) is 0.263. The van der Waals surface area contributed by atoms with Crippen molar-refractivity contribution in [3.63, 3.8) is 0 Å². The zero-order chi connectivity index (χ0) is 16.9. The fourth-order valence-corrected chi connectivity index (χ4v) is 2.84. The smallest absolute Gasteiger partial charge is 0.305 e. The molecule has 1 aliphatic heterocycles. The molecule has 0 atom stereocenters. The molecule has 3 rings (SSSR count). The molecule has 1 N–H and O–H groups in total. The van der Waals surface area contributed by atoms with Crippen molar-refractivity contribution in [1.29, 1.82) is 0 Å². The molecule has 0 spiro atoms. The summed E-state index contributed by atoms with van der Waals surface area (Å²) < 4.78 is 10.5. The predicted octanol–water partition coefficient (Wildman–Crippen LogP) is 2.99. The summed E-state index contributed by atoms with van der Waals surface area (Å²) in [5.74, 6) is 0.621. The fourth-order valence-electron chi connectivity index (χ4n) is 2.84. The molecule has 0 bridgehead atoms. The molecule has 0 fully saturated rings. The molecule has 24 heavy (non-hydrogen) atoms. The van der Waals surface area contributed by atoms with Crippen molar-refractivity contribution in [2.24, 2.45) is 0 Å². The van der Waals surface area contributed by atoms with E-state index in [1.807, 2.05) is 48.5 Å². The summed E-state index contributed by atoms with van der Waals surface area (Å²) in [6.07, 6.45) is 0.836. The highest BCUT2D eigenvalue weighted by molar-refractivity contribution is 5.89. The van der Waals surface area contributed by atoms with E-state index < -0.39 is 5.92 Å². The van der Waals surface area contributed by atoms with Crippen LogP contribution in [-0.2, 0) is 14.3 Å². The minimum Gasteiger partial charge on any atom is -0.469 e. The van der Waals surface area contributed by atoms with Crippen LogP contribution in [0.5, 0.6) is 11.5 Å². The third-order valence-corrected chi connectivity index (χ3v) is 4.03. The van der Waals surface area contributed by atoms with E-state index in [4.69, 9.17) is 4.74 Å². The first kappa shape index (κ1) is 16.1. The molecule has 0 saturated heterocycles. The van der Waals surface area contributed by atoms with Crippen LogP contribution in [0.25, 0.3) is 0 Å². The van der Waals surface area contributed by atoms with E-state index in [0.29, 0.717) is 24.5 Å². The van der Waals surface area contributed by atoms with Crippen molar-refractivity contribution in [2.45, 2.75) is 18.8 Å². The first-order chi connectivity index (χ1) is 11.7. The van der Waals surface area contributed by atoms with Gasteiger partial charge in [0, 0.05) is 24.1 Å². The lowest BCUT2D eigenvalue weighted by Gasteiger charge is -2.27. The second-order valence-electron chi connectivity index (χ2n) is 5.58. The van der Waals surface area contributed by atoms with E-state index in [2.05, 4.69) is 10.1 Å². The van der Waals surface area contributed by atoms with Gasteiger partial charge in [-0.25, -0.2) is 0 Å². The quantitative estimate of drug-likeness (QED) is 0.678. The number of ether oxygens (including phenoxy) is 2. The Morgan fingerprint density at radius 1 is 1.04 bits per heavy atom. The molecule has 0 aliphatic carbocycles. The standard InChI is InChI=1S/C19H19NO4/c1-23-17(21)11-6-12-20-19(22)18-13-7-2-4-9-15(13)24-16-10-5-3-8-14(16)18/h2-5,7-10,18H,6,11-12H2,1H3,(H,20,22). The number of nitrogens with one attached hydrogen (secondary N) is 1. The molecule has 1 aliphatic rings. The van der Waals surface area contributed by atoms with Crippen LogP contribution in [0.4, 0.5) is 0 Å². The Labute approximate surface area is 140 Å². The van der Waals surface area contributed by atoms with Crippen LogP contribution in [0.3, 0.4) is 0 Å². The molecule has 0 unspecified atom stereocenters. The van der Waals surface area contributed by atoms with Gasteiger partial charge in [-0.2, -0.15) is 0 Å². The van der Waals surface area contributed by atoms with Gasteiger partial charge in [-0.3, -0.25) is 9.59 Å². The molecule has 124 valence electrons. The number of esters is 1. The van der Waals surface area contributed by atoms with Gasteiger partial charge < -0.3 is 14.8 Å². The minimum absolute atomic E-state index is 0.0944. The Bertz CT molecular complexity index is 711. The van der Waals surface area contributed by atoms with Crippen molar-refractivity contribution < 1.29 is 19.1 Å². The molecular formula is C19H19NO4. The zero-order valence-electron chi connectivity index (χ0n) is 13.5. The molecular weight excluding hydrogens is 306 g/mol. The van der Waals surface area contributed by atoms with Gasteiger partial charge in [0.2, 0.25) is 5.91 Å². The van der Waals surface area contributed by atoms with E-state index in [0.717, 1.165) is 11.1 Å². The van der Waals surface area contributed by atoms with Crippen molar-refractivity contribution in [3.8, 4) is 11.5 Å². The lowest BCUT2D eigenvalue weighted by atomic mass is 9.87. The second kappa shape index (κ2) is 7.17. The zero-order valence-corrected chi connectivity index (χ0v) is 13.5. The van der Waals surface area contributed by atoms with Crippen molar-refractivity contribution in [2.75, 3.05) is 13.7 Å². The van der Waals surface area contributed by atoms with Gasteiger partial charge in [0.15, 0.2) is 0 Å². The van der Waals surface area contributed by atoms with Crippen LogP contribution in [0.2, 0.25) is 0 Å². The predicted molar refractivity (Wildman–Crippen MR) is 89.1 cm³/mol. The van der Waals surface area contributed by atoms with Crippen LogP contribution >= 0.6 is 0 Å². The molecule has 1 amide bonds. The number of fused-ring (bicyclic) bond motifs is 2. The van der Waals surface area contributed by atoms with Crippen molar-refractivity contribution >= 4 is 11.9 Å². The summed E-state index contributed by atoms with van der Waals surface area (Å²) in [5, 5.41) is 2.91. The van der Waals surface area contributed by atoms with E-state index >= 15 is 0 Å². The van der Waals surface area contributed by atoms with Crippen molar-refractivity contribution in [3.05, 3.63) is 59.7 Å². The third-order valence-electron chi connectivity index (χ3n) is 4.03. The maximum Gasteiger partial charge on any atom is 0.305 e. The van der Waals surface area contributed by atoms with E-state index in [1.54, 1.807) is 0 Å². The van der Waals surface area contributed by atoms with Gasteiger partial charge in [0.05, 0.1) is 13.0 Å². The number of benzene rings is 2. The highest BCUT2D eigenvalue weighted by Gasteiger charge is 2.32. The first-order valence-corrected chi connectivity index (χ1v) is 7.91. The molecule has 2 aromatic rings. The largest absolute Gasteiger partial charge is 0.469 e. The Kier molecular flexibility index (Phi) is 4.79. The SMILES string of the molecule is COC(=O)CCCNC(=O)C1c2ccccc2Oc2ccccc21. The third kappa shape index (κ3) is 3.25. The second-order valence-corrected chi connectivity index (χ2v) is 5.58. The van der Waals surface area contributed by atoms with Crippen LogP contribution in [0, 0.1) is 0 Å². The normalized spacial score (nSPS) is 12.5. The number of methoxy groups -OCH3 is 1. The van der Waals surface area contributed by atoms with Crippen LogP contribution < -0.4 is 10.1 Å². The van der Waals surface area contributed by atoms with E-state index in [-0.39, 0.29) is 18.3 Å². The van der Waals surface area contributed by atoms with Crippen LogP contribution in [0.1, 0.15) is 29.9 Å². The maximum atomic E-state index is 12.8. The van der Waals surface area contributed by atoms with Gasteiger partial charge in [-0.15, -0.1) is 0 Å². The molecule has 0 radical (unpaired) electrons. The van der Waals surface area contributed by atoms with Crippen molar-refractivity contribution in [1.82, 2.24) is 5.32 Å². The monoisotopic (exact) mass is 325 g/mol. The minimum atomic E-state index is -0.413. The molecule has 2 aromatic carbocycles. The Morgan fingerprint density at radius 2 is 1.62 bits per heavy atom. The van der Waals surface area contributed by atoms with Gasteiger partial charge in [0.25, 0.3) is 0 Å². The van der Waals surface area contributed by atoms with Gasteiger partial charge >= 0.3 is 5.97 Å². The summed E-state index contributed by atoms with van der Waals surface area (Å²) in [6.45, 7) is 0.426. The summed E-state index contributed by atoms with van der Waals surface area (Å²) in [4.78, 5) is 23.9. The number of hydrogen-bond acceptors (Lipinski definition) is 4. The number of hydrogen-bond donors (Lipinski definition) is 1. The Morgan fingerprint density at radius 3 is 2.21 bits per heavy atom. The average molecular weight is 325 g/mol. The van der Waals surface area contributed by atoms with E-state index in [1.165, 1.54) is 7.11 Å². The molecule has 1 heterocycles. The van der Waals surface area contributed by atoms with Crippen LogP contribution in [0.15, 0.2) is 48.5 Å². The number of amides is 1. The average Bonchev–Trinajstić information content (AvgIpc) is 2.62. The summed E-state index contributed by atoms with van der Waals surface area (Å²) in [6, 6.07) is 15.1. The summed E-state index contributed by atoms with van der Waals surface area (Å²) in [5.41, 5.74) is 1.70. The number of para-hydroxylation sites is 2. The topological polar surface area (TPSA) is 64.6 Å². The molecule has 0 aromatic heterocycles. The molecule has 0 saturated carbocycles. The maximum absolute atomic E-state index is 12.8. The Balaban J connectivity index is 1.77. The number of carbonyl (C=O) groups excluding carboxylic acids is 2. The number of carbonyl (C=O) groups is 2.